The van der Waals surface area contributed by atoms with Crippen LogP contribution in [0.4, 0.5) is 5.69 Å². The first-order chi connectivity index (χ1) is 18.9. The Morgan fingerprint density at radius 1 is 0.769 bits per heavy atom. The molecule has 0 spiro atoms. The number of likely N-dealkylation sites (tertiary alicyclic amines) is 1. The number of para-hydroxylation sites is 1. The molecule has 0 aliphatic carbocycles. The minimum atomic E-state index is -0.371. The van der Waals surface area contributed by atoms with Gasteiger partial charge in [0, 0.05) is 62.0 Å². The van der Waals surface area contributed by atoms with Gasteiger partial charge in [0.05, 0.1) is 20.1 Å². The first-order valence-electron chi connectivity index (χ1n) is 13.6. The largest absolute Gasteiger partial charge is 0.497 e. The fourth-order valence-corrected chi connectivity index (χ4v) is 5.97. The highest BCUT2D eigenvalue weighted by atomic mass is 16.5. The van der Waals surface area contributed by atoms with Crippen molar-refractivity contribution in [1.29, 1.82) is 0 Å². The summed E-state index contributed by atoms with van der Waals surface area (Å²) in [6.45, 7) is 7.74. The SMILES string of the molecule is COc1ccc(OC)c([C@@H]2CN(C(=O)c3ccccc3C)C[C@@H]2C(=O)N2CCN(c3ccccc3C)CC2)c1. The molecule has 3 aromatic carbocycles. The summed E-state index contributed by atoms with van der Waals surface area (Å²) in [6.07, 6.45) is 0. The second-order valence-electron chi connectivity index (χ2n) is 10.4. The normalized spacial score (nSPS) is 19.2. The van der Waals surface area contributed by atoms with E-state index in [4.69, 9.17) is 9.47 Å². The van der Waals surface area contributed by atoms with Gasteiger partial charge >= 0.3 is 0 Å². The van der Waals surface area contributed by atoms with Crippen molar-refractivity contribution in [3.05, 3.63) is 89.0 Å². The summed E-state index contributed by atoms with van der Waals surface area (Å²) in [6, 6.07) is 21.7. The maximum Gasteiger partial charge on any atom is 0.254 e. The highest BCUT2D eigenvalue weighted by Gasteiger charge is 2.44. The number of nitrogens with zero attached hydrogens (tertiary/aromatic N) is 3. The molecule has 204 valence electrons. The summed E-state index contributed by atoms with van der Waals surface area (Å²) in [5.41, 5.74) is 4.96. The van der Waals surface area contributed by atoms with E-state index in [1.54, 1.807) is 14.2 Å². The molecule has 2 fully saturated rings. The fraction of sp³-hybridized carbons (Fsp3) is 0.375. The first-order valence-corrected chi connectivity index (χ1v) is 13.6. The first kappa shape index (κ1) is 26.6. The lowest BCUT2D eigenvalue weighted by Gasteiger charge is -2.38. The Morgan fingerprint density at radius 3 is 2.13 bits per heavy atom. The number of aryl methyl sites for hydroxylation is 2. The van der Waals surface area contributed by atoms with Gasteiger partial charge in [-0.15, -0.1) is 0 Å². The van der Waals surface area contributed by atoms with Gasteiger partial charge in [-0.2, -0.15) is 0 Å². The molecule has 7 heteroatoms. The third-order valence-electron chi connectivity index (χ3n) is 8.18. The fourth-order valence-electron chi connectivity index (χ4n) is 5.97. The van der Waals surface area contributed by atoms with Gasteiger partial charge in [0.15, 0.2) is 0 Å². The predicted octanol–water partition coefficient (Wildman–Crippen LogP) is 4.53. The Kier molecular flexibility index (Phi) is 7.77. The Morgan fingerprint density at radius 2 is 1.46 bits per heavy atom. The van der Waals surface area contributed by atoms with E-state index in [0.717, 1.165) is 24.2 Å². The molecule has 0 saturated carbocycles. The Labute approximate surface area is 230 Å². The molecule has 7 nitrogen and oxygen atoms in total. The molecule has 0 N–H and O–H groups in total. The topological polar surface area (TPSA) is 62.3 Å². The van der Waals surface area contributed by atoms with Crippen molar-refractivity contribution in [1.82, 2.24) is 9.80 Å². The van der Waals surface area contributed by atoms with Gasteiger partial charge in [0.25, 0.3) is 5.91 Å². The molecule has 0 unspecified atom stereocenters. The monoisotopic (exact) mass is 527 g/mol. The number of rotatable bonds is 6. The number of benzene rings is 3. The Hall–Kier alpha value is -4.00. The number of piperazine rings is 1. The number of hydrogen-bond acceptors (Lipinski definition) is 5. The van der Waals surface area contributed by atoms with E-state index < -0.39 is 0 Å². The van der Waals surface area contributed by atoms with Crippen LogP contribution in [0.3, 0.4) is 0 Å². The van der Waals surface area contributed by atoms with Crippen LogP contribution in [0.2, 0.25) is 0 Å². The number of methoxy groups -OCH3 is 2. The van der Waals surface area contributed by atoms with Crippen molar-refractivity contribution in [2.45, 2.75) is 19.8 Å². The number of anilines is 1. The highest BCUT2D eigenvalue weighted by molar-refractivity contribution is 5.96. The second kappa shape index (κ2) is 11.4. The molecule has 2 atom stereocenters. The maximum atomic E-state index is 14.1. The summed E-state index contributed by atoms with van der Waals surface area (Å²) in [5.74, 6) is 0.878. The molecule has 2 amide bonds. The van der Waals surface area contributed by atoms with Gasteiger partial charge in [-0.3, -0.25) is 9.59 Å². The van der Waals surface area contributed by atoms with E-state index >= 15 is 0 Å². The molecule has 39 heavy (non-hydrogen) atoms. The zero-order valence-corrected chi connectivity index (χ0v) is 23.2. The van der Waals surface area contributed by atoms with Crippen molar-refractivity contribution in [2.75, 3.05) is 58.4 Å². The quantitative estimate of drug-likeness (QED) is 0.472. The van der Waals surface area contributed by atoms with Crippen LogP contribution in [0.15, 0.2) is 66.7 Å². The smallest absolute Gasteiger partial charge is 0.254 e. The number of hydrogen-bond donors (Lipinski definition) is 0. The van der Waals surface area contributed by atoms with E-state index in [0.29, 0.717) is 43.2 Å². The van der Waals surface area contributed by atoms with Gasteiger partial charge in [-0.1, -0.05) is 36.4 Å². The molecule has 2 heterocycles. The van der Waals surface area contributed by atoms with Crippen LogP contribution >= 0.6 is 0 Å². The van der Waals surface area contributed by atoms with Crippen molar-refractivity contribution in [3.8, 4) is 11.5 Å². The van der Waals surface area contributed by atoms with Gasteiger partial charge in [0.1, 0.15) is 11.5 Å². The minimum absolute atomic E-state index is 0.0420. The lowest BCUT2D eigenvalue weighted by Crippen LogP contribution is -2.51. The third kappa shape index (κ3) is 5.31. The van der Waals surface area contributed by atoms with Gasteiger partial charge < -0.3 is 24.2 Å². The maximum absolute atomic E-state index is 14.1. The number of carbonyl (C=O) groups excluding carboxylic acids is 2. The lowest BCUT2D eigenvalue weighted by atomic mass is 9.87. The van der Waals surface area contributed by atoms with Gasteiger partial charge in [-0.05, 0) is 55.3 Å². The molecule has 0 radical (unpaired) electrons. The second-order valence-corrected chi connectivity index (χ2v) is 10.4. The van der Waals surface area contributed by atoms with Crippen LogP contribution in [-0.2, 0) is 4.79 Å². The predicted molar refractivity (Wildman–Crippen MR) is 153 cm³/mol. The minimum Gasteiger partial charge on any atom is -0.497 e. The average molecular weight is 528 g/mol. The van der Waals surface area contributed by atoms with Crippen molar-refractivity contribution >= 4 is 17.5 Å². The highest BCUT2D eigenvalue weighted by Crippen LogP contribution is 2.41. The molecule has 0 aromatic heterocycles. The van der Waals surface area contributed by atoms with Crippen LogP contribution in [0, 0.1) is 19.8 Å². The van der Waals surface area contributed by atoms with Crippen molar-refractivity contribution in [3.63, 3.8) is 0 Å². The molecule has 2 aliphatic rings. The van der Waals surface area contributed by atoms with Crippen LogP contribution in [0.25, 0.3) is 0 Å². The average Bonchev–Trinajstić information content (AvgIpc) is 3.42. The van der Waals surface area contributed by atoms with Crippen LogP contribution in [0.5, 0.6) is 11.5 Å². The summed E-state index contributed by atoms with van der Waals surface area (Å²) in [5, 5.41) is 0. The van der Waals surface area contributed by atoms with E-state index in [2.05, 4.69) is 36.1 Å². The molecule has 0 bridgehead atoms. The Bertz CT molecular complexity index is 1350. The molecular formula is C32H37N3O4. The van der Waals surface area contributed by atoms with Gasteiger partial charge in [0.2, 0.25) is 5.91 Å². The lowest BCUT2D eigenvalue weighted by molar-refractivity contribution is -0.135. The van der Waals surface area contributed by atoms with Crippen LogP contribution in [-0.4, -0.2) is 75.1 Å². The standard InChI is InChI=1S/C32H37N3O4/c1-22-9-5-7-11-25(22)31(36)35-20-27(26-19-24(38-3)13-14-30(26)39-4)28(21-35)32(37)34-17-15-33(16-18-34)29-12-8-6-10-23(29)2/h5-14,19,27-28H,15-18,20-21H2,1-4H3/t27-,28-/m0/s1. The summed E-state index contributed by atoms with van der Waals surface area (Å²) < 4.78 is 11.2. The summed E-state index contributed by atoms with van der Waals surface area (Å²) in [7, 11) is 3.27. The van der Waals surface area contributed by atoms with E-state index in [9.17, 15) is 9.59 Å². The van der Waals surface area contributed by atoms with E-state index in [1.807, 2.05) is 59.2 Å². The number of ether oxygens (including phenoxy) is 2. The zero-order chi connectivity index (χ0) is 27.5. The van der Waals surface area contributed by atoms with Crippen molar-refractivity contribution < 1.29 is 19.1 Å². The van der Waals surface area contributed by atoms with Crippen LogP contribution in [0.1, 0.15) is 33.0 Å². The zero-order valence-electron chi connectivity index (χ0n) is 23.2. The summed E-state index contributed by atoms with van der Waals surface area (Å²) in [4.78, 5) is 33.9. The third-order valence-corrected chi connectivity index (χ3v) is 8.18. The summed E-state index contributed by atoms with van der Waals surface area (Å²) >= 11 is 0. The Balaban J connectivity index is 1.41. The van der Waals surface area contributed by atoms with E-state index in [1.165, 1.54) is 11.3 Å². The molecule has 5 rings (SSSR count). The molecule has 2 saturated heterocycles. The molecular weight excluding hydrogens is 490 g/mol. The van der Waals surface area contributed by atoms with Gasteiger partial charge in [-0.25, -0.2) is 0 Å². The molecule has 3 aromatic rings. The number of amides is 2. The van der Waals surface area contributed by atoms with E-state index in [-0.39, 0.29) is 23.7 Å². The van der Waals surface area contributed by atoms with Crippen molar-refractivity contribution in [2.24, 2.45) is 5.92 Å². The van der Waals surface area contributed by atoms with Crippen LogP contribution < -0.4 is 14.4 Å². The molecule has 2 aliphatic heterocycles. The number of carbonyl (C=O) groups is 2.